The first-order valence-electron chi connectivity index (χ1n) is 10.3. The Balaban J connectivity index is 2.13. The van der Waals surface area contributed by atoms with Gasteiger partial charge in [0.05, 0.1) is 5.92 Å². The van der Waals surface area contributed by atoms with E-state index < -0.39 is 42.4 Å². The maximum absolute atomic E-state index is 13.7. The number of benzene rings is 2. The van der Waals surface area contributed by atoms with E-state index in [1.807, 2.05) is 0 Å². The lowest BCUT2D eigenvalue weighted by atomic mass is 9.95. The number of amides is 1. The molecule has 0 aliphatic heterocycles. The van der Waals surface area contributed by atoms with Crippen LogP contribution >= 0.6 is 31.9 Å². The van der Waals surface area contributed by atoms with Crippen LogP contribution in [0.25, 0.3) is 6.08 Å². The molecule has 35 heavy (non-hydrogen) atoms. The van der Waals surface area contributed by atoms with Crippen LogP contribution in [-0.2, 0) is 4.79 Å². The van der Waals surface area contributed by atoms with Crippen LogP contribution < -0.4 is 5.32 Å². The highest BCUT2D eigenvalue weighted by Crippen LogP contribution is 2.38. The zero-order valence-corrected chi connectivity index (χ0v) is 21.7. The number of carbonyl (C=O) groups excluding carboxylic acids is 2. The number of alkyl halides is 6. The van der Waals surface area contributed by atoms with Gasteiger partial charge < -0.3 is 5.32 Å². The Labute approximate surface area is 215 Å². The van der Waals surface area contributed by atoms with Crippen LogP contribution in [0.2, 0.25) is 0 Å². The van der Waals surface area contributed by atoms with Crippen molar-refractivity contribution < 1.29 is 35.9 Å². The van der Waals surface area contributed by atoms with Crippen LogP contribution in [0.15, 0.2) is 51.4 Å². The number of aryl methyl sites for hydroxylation is 1. The number of halogens is 8. The second kappa shape index (κ2) is 11.7. The minimum atomic E-state index is -4.59. The van der Waals surface area contributed by atoms with Crippen molar-refractivity contribution >= 4 is 49.6 Å². The average Bonchev–Trinajstić information content (AvgIpc) is 2.70. The fourth-order valence-corrected chi connectivity index (χ4v) is 4.56. The number of nitrogens with one attached hydrogen (secondary N) is 1. The van der Waals surface area contributed by atoms with Crippen molar-refractivity contribution in [1.82, 2.24) is 5.32 Å². The van der Waals surface area contributed by atoms with Gasteiger partial charge in [0, 0.05) is 27.4 Å². The Morgan fingerprint density at radius 2 is 1.54 bits per heavy atom. The molecule has 0 saturated heterocycles. The molecule has 0 spiro atoms. The largest absolute Gasteiger partial charge is 0.408 e. The molecule has 0 fully saturated rings. The molecule has 2 aromatic rings. The summed E-state index contributed by atoms with van der Waals surface area (Å²) in [6.45, 7) is 2.39. The lowest BCUT2D eigenvalue weighted by molar-refractivity contribution is -0.158. The molecular weight excluding hydrogens is 608 g/mol. The first-order valence-corrected chi connectivity index (χ1v) is 11.9. The number of allylic oxidation sites excluding steroid dienone is 1. The van der Waals surface area contributed by atoms with Crippen molar-refractivity contribution in [2.24, 2.45) is 0 Å². The van der Waals surface area contributed by atoms with Crippen LogP contribution in [0.1, 0.15) is 52.7 Å². The monoisotopic (exact) mass is 627 g/mol. The summed E-state index contributed by atoms with van der Waals surface area (Å²) in [7, 11) is 0. The molecule has 0 aliphatic rings. The molecule has 0 heterocycles. The summed E-state index contributed by atoms with van der Waals surface area (Å²) in [6, 6.07) is 6.77. The molecule has 2 unspecified atom stereocenters. The minimum Gasteiger partial charge on any atom is -0.345 e. The number of hydrogen-bond donors (Lipinski definition) is 1. The Hall–Kier alpha value is -2.14. The van der Waals surface area contributed by atoms with Crippen molar-refractivity contribution in [3.8, 4) is 0 Å². The molecule has 0 saturated carbocycles. The van der Waals surface area contributed by atoms with Gasteiger partial charge in [-0.25, -0.2) is 0 Å². The summed E-state index contributed by atoms with van der Waals surface area (Å²) in [5.41, 5.74) is 1.17. The summed E-state index contributed by atoms with van der Waals surface area (Å²) < 4.78 is 79.6. The second-order valence-electron chi connectivity index (χ2n) is 7.91. The number of carbonyl (C=O) groups is 2. The van der Waals surface area contributed by atoms with E-state index in [0.717, 1.165) is 13.0 Å². The van der Waals surface area contributed by atoms with Gasteiger partial charge in [-0.2, -0.15) is 26.3 Å². The lowest BCUT2D eigenvalue weighted by Gasteiger charge is -2.18. The quantitative estimate of drug-likeness (QED) is 0.239. The van der Waals surface area contributed by atoms with E-state index in [2.05, 4.69) is 31.9 Å². The average molecular weight is 629 g/mol. The highest BCUT2D eigenvalue weighted by molar-refractivity contribution is 9.11. The molecule has 2 aromatic carbocycles. The zero-order valence-electron chi connectivity index (χ0n) is 18.5. The molecule has 1 amide bonds. The SMILES string of the molecule is Cc1cc(/C=C/C(c2cc(Br)cc(Br)c2)C(F)(F)F)ccc1C(=O)CCC(=O)NC(C)C(F)(F)F. The molecule has 190 valence electrons. The summed E-state index contributed by atoms with van der Waals surface area (Å²) in [5, 5.41) is 1.79. The van der Waals surface area contributed by atoms with Crippen molar-refractivity contribution in [1.29, 1.82) is 0 Å². The standard InChI is InChI=1S/C24H21Br2F6NO2/c1-13-9-15(4-6-20(24(30,31)32)16-10-17(25)12-18(26)11-16)3-5-19(13)21(34)7-8-22(35)33-14(2)23(27,28)29/h3-6,9-12,14,20H,7-8H2,1-2H3,(H,33,35)/b6-4+. The van der Waals surface area contributed by atoms with E-state index in [9.17, 15) is 35.9 Å². The molecule has 0 radical (unpaired) electrons. The van der Waals surface area contributed by atoms with Crippen molar-refractivity contribution in [3.63, 3.8) is 0 Å². The van der Waals surface area contributed by atoms with Crippen LogP contribution in [-0.4, -0.2) is 30.1 Å². The van der Waals surface area contributed by atoms with Gasteiger partial charge in [-0.15, -0.1) is 0 Å². The molecule has 0 aromatic heterocycles. The minimum absolute atomic E-state index is 0.0386. The highest BCUT2D eigenvalue weighted by Gasteiger charge is 2.39. The molecule has 11 heteroatoms. The van der Waals surface area contributed by atoms with Gasteiger partial charge >= 0.3 is 12.4 Å². The smallest absolute Gasteiger partial charge is 0.345 e. The van der Waals surface area contributed by atoms with Crippen molar-refractivity contribution in [2.45, 2.75) is 51.0 Å². The van der Waals surface area contributed by atoms with Crippen molar-refractivity contribution in [2.75, 3.05) is 0 Å². The maximum atomic E-state index is 13.7. The summed E-state index contributed by atoms with van der Waals surface area (Å²) >= 11 is 6.38. The maximum Gasteiger partial charge on any atom is 0.408 e. The summed E-state index contributed by atoms with van der Waals surface area (Å²) in [5.74, 6) is -3.23. The Morgan fingerprint density at radius 3 is 2.06 bits per heavy atom. The Morgan fingerprint density at radius 1 is 0.943 bits per heavy atom. The third-order valence-corrected chi connectivity index (χ3v) is 5.99. The third-order valence-electron chi connectivity index (χ3n) is 5.08. The van der Waals surface area contributed by atoms with Gasteiger partial charge in [0.2, 0.25) is 5.91 Å². The molecular formula is C24H21Br2F6NO2. The fraction of sp³-hybridized carbons (Fsp3) is 0.333. The van der Waals surface area contributed by atoms with E-state index in [4.69, 9.17) is 0 Å². The molecule has 2 rings (SSSR count). The van der Waals surface area contributed by atoms with Gasteiger partial charge in [-0.3, -0.25) is 9.59 Å². The molecule has 1 N–H and O–H groups in total. The fourth-order valence-electron chi connectivity index (χ4n) is 3.23. The van der Waals surface area contributed by atoms with Gasteiger partial charge in [-0.1, -0.05) is 62.2 Å². The normalized spacial score (nSPS) is 14.1. The first kappa shape index (κ1) is 29.1. The first-order chi connectivity index (χ1) is 16.1. The van der Waals surface area contributed by atoms with Gasteiger partial charge in [0.25, 0.3) is 0 Å². The predicted octanol–water partition coefficient (Wildman–Crippen LogP) is 7.91. The lowest BCUT2D eigenvalue weighted by Crippen LogP contribution is -2.43. The molecule has 0 aliphatic carbocycles. The number of hydrogen-bond acceptors (Lipinski definition) is 2. The Bertz CT molecular complexity index is 1090. The van der Waals surface area contributed by atoms with Crippen molar-refractivity contribution in [3.05, 3.63) is 73.7 Å². The van der Waals surface area contributed by atoms with Crippen LogP contribution in [0.4, 0.5) is 26.3 Å². The third kappa shape index (κ3) is 8.79. The van der Waals surface area contributed by atoms with Crippen LogP contribution in [0, 0.1) is 6.92 Å². The Kier molecular flexibility index (Phi) is 9.75. The van der Waals surface area contributed by atoms with Gasteiger partial charge in [0.15, 0.2) is 5.78 Å². The van der Waals surface area contributed by atoms with E-state index in [1.165, 1.54) is 36.4 Å². The molecule has 0 bridgehead atoms. The highest BCUT2D eigenvalue weighted by atomic mass is 79.9. The van der Waals surface area contributed by atoms with E-state index in [-0.39, 0.29) is 17.5 Å². The number of ketones is 1. The molecule has 2 atom stereocenters. The molecule has 3 nitrogen and oxygen atoms in total. The zero-order chi connectivity index (χ0) is 26.6. The van der Waals surface area contributed by atoms with Crippen LogP contribution in [0.5, 0.6) is 0 Å². The van der Waals surface area contributed by atoms with E-state index >= 15 is 0 Å². The second-order valence-corrected chi connectivity index (χ2v) is 9.74. The summed E-state index contributed by atoms with van der Waals surface area (Å²) in [6.07, 6.45) is -7.52. The summed E-state index contributed by atoms with van der Waals surface area (Å²) in [4.78, 5) is 24.1. The van der Waals surface area contributed by atoms with E-state index in [1.54, 1.807) is 18.3 Å². The van der Waals surface area contributed by atoms with E-state index in [0.29, 0.717) is 20.1 Å². The number of Topliss-reactive ketones (excluding diaryl/α,β-unsaturated/α-hetero) is 1. The van der Waals surface area contributed by atoms with Gasteiger partial charge in [0.1, 0.15) is 6.04 Å². The van der Waals surface area contributed by atoms with Crippen LogP contribution in [0.3, 0.4) is 0 Å². The topological polar surface area (TPSA) is 46.2 Å². The van der Waals surface area contributed by atoms with Gasteiger partial charge in [-0.05, 0) is 48.7 Å². The number of rotatable bonds is 8. The predicted molar refractivity (Wildman–Crippen MR) is 128 cm³/mol.